The third-order valence-electron chi connectivity index (χ3n) is 0.727. The Morgan fingerprint density at radius 2 is 2.06 bits per heavy atom. The first-order valence-corrected chi connectivity index (χ1v) is 6.38. The number of hydrogen-bond acceptors (Lipinski definition) is 6. The summed E-state index contributed by atoms with van der Waals surface area (Å²) in [5, 5.41) is 6.74. The van der Waals surface area contributed by atoms with Gasteiger partial charge in [0, 0.05) is 18.0 Å². The maximum absolute atomic E-state index is 9.17. The van der Waals surface area contributed by atoms with Gasteiger partial charge in [-0.3, -0.25) is 5.14 Å². The highest BCUT2D eigenvalue weighted by Crippen LogP contribution is 1.92. The molecule has 0 spiro atoms. The summed E-state index contributed by atoms with van der Waals surface area (Å²) in [6.07, 6.45) is 3.34. The van der Waals surface area contributed by atoms with E-state index in [0.29, 0.717) is 6.42 Å². The molecule has 1 rings (SSSR count). The van der Waals surface area contributed by atoms with Gasteiger partial charge in [-0.1, -0.05) is 34.0 Å². The molecule has 0 atom stereocenters. The van der Waals surface area contributed by atoms with Gasteiger partial charge in [-0.2, -0.15) is 0 Å². The Morgan fingerprint density at radius 3 is 2.12 bits per heavy atom. The number of aldehydes is 1. The highest BCUT2D eigenvalue weighted by Gasteiger charge is 1.72. The van der Waals surface area contributed by atoms with E-state index in [-0.39, 0.29) is 19.2 Å². The van der Waals surface area contributed by atoms with Crippen LogP contribution in [0.2, 0.25) is 0 Å². The van der Waals surface area contributed by atoms with Crippen molar-refractivity contribution < 1.29 is 4.79 Å². The summed E-state index contributed by atoms with van der Waals surface area (Å²) in [5.41, 5.74) is 4.86. The second-order valence-electron chi connectivity index (χ2n) is 1.86. The average molecular weight is 316 g/mol. The number of aromatic amines is 1. The summed E-state index contributed by atoms with van der Waals surface area (Å²) < 4.78 is 1.13. The number of thiocarbonyl (C=S) groups is 1. The van der Waals surface area contributed by atoms with Gasteiger partial charge in [-0.15, -0.1) is 11.3 Å². The van der Waals surface area contributed by atoms with E-state index in [1.165, 1.54) is 11.3 Å². The van der Waals surface area contributed by atoms with Crippen molar-refractivity contribution in [2.45, 2.75) is 28.2 Å². The second-order valence-corrected chi connectivity index (χ2v) is 4.82. The van der Waals surface area contributed by atoms with Gasteiger partial charge in [0.1, 0.15) is 10.6 Å². The number of nitrogens with two attached hydrogens (primary N) is 2. The van der Waals surface area contributed by atoms with Crippen molar-refractivity contribution >= 4 is 58.3 Å². The van der Waals surface area contributed by atoms with E-state index in [4.69, 9.17) is 23.1 Å². The van der Waals surface area contributed by atoms with Crippen molar-refractivity contribution in [2.75, 3.05) is 0 Å². The topological polar surface area (TPSA) is 84.9 Å². The fourth-order valence-corrected chi connectivity index (χ4v) is 0.862. The van der Waals surface area contributed by atoms with Crippen LogP contribution in [0.5, 0.6) is 0 Å². The Balaban J connectivity index is -0.0000000721. The van der Waals surface area contributed by atoms with Crippen LogP contribution >= 0.6 is 47.7 Å². The van der Waals surface area contributed by atoms with Crippen molar-refractivity contribution in [3.8, 4) is 0 Å². The largest absolute Gasteiger partial charge is 0.384 e. The van der Waals surface area contributed by atoms with Crippen LogP contribution in [0.1, 0.15) is 28.2 Å². The lowest BCUT2D eigenvalue weighted by Crippen LogP contribution is -2.04. The van der Waals surface area contributed by atoms with Crippen molar-refractivity contribution in [1.29, 1.82) is 0 Å². The molecule has 0 amide bonds. The molecule has 102 valence electrons. The summed E-state index contributed by atoms with van der Waals surface area (Å²) in [4.78, 5) is 12.0. The van der Waals surface area contributed by atoms with Crippen LogP contribution in [-0.2, 0) is 4.79 Å². The highest BCUT2D eigenvalue weighted by molar-refractivity contribution is 8.21. The number of rotatable bonds is 1. The molecule has 17 heavy (non-hydrogen) atoms. The van der Waals surface area contributed by atoms with Crippen LogP contribution < -0.4 is 10.9 Å². The number of hydrogen-bond donors (Lipinski definition) is 3. The first-order valence-electron chi connectivity index (χ1n) is 3.80. The lowest BCUT2D eigenvalue weighted by molar-refractivity contribution is -0.107. The van der Waals surface area contributed by atoms with Crippen molar-refractivity contribution in [3.05, 3.63) is 15.5 Å². The molecule has 5 N–H and O–H groups in total. The summed E-state index contributed by atoms with van der Waals surface area (Å²) in [7, 11) is 0. The average Bonchev–Trinajstić information content (AvgIpc) is 2.70. The van der Waals surface area contributed by atoms with Crippen molar-refractivity contribution in [3.63, 3.8) is 0 Å². The molecular weight excluding hydrogens is 294 g/mol. The van der Waals surface area contributed by atoms with Gasteiger partial charge < -0.3 is 15.5 Å². The molecule has 0 aliphatic carbocycles. The smallest absolute Gasteiger partial charge is 0.158 e. The zero-order valence-electron chi connectivity index (χ0n) is 8.14. The van der Waals surface area contributed by atoms with Gasteiger partial charge in [0.25, 0.3) is 0 Å². The number of thiazole rings is 1. The van der Waals surface area contributed by atoms with E-state index in [9.17, 15) is 4.79 Å². The van der Waals surface area contributed by atoms with Crippen LogP contribution in [0, 0.1) is 3.95 Å². The summed E-state index contributed by atoms with van der Waals surface area (Å²) in [6, 6.07) is 0. The first-order chi connectivity index (χ1) is 7.08. The molecule has 0 radical (unpaired) electrons. The summed E-state index contributed by atoms with van der Waals surface area (Å²) in [5.74, 6) is 0. The highest BCUT2D eigenvalue weighted by atomic mass is 32.2. The van der Waals surface area contributed by atoms with Gasteiger partial charge in [-0.25, -0.2) is 0 Å². The van der Waals surface area contributed by atoms with Gasteiger partial charge in [0.2, 0.25) is 0 Å². The minimum Gasteiger partial charge on any atom is -0.384 e. The van der Waals surface area contributed by atoms with E-state index >= 15 is 0 Å². The van der Waals surface area contributed by atoms with E-state index in [2.05, 4.69) is 17.2 Å². The molecule has 1 heterocycles. The monoisotopic (exact) mass is 315 g/mol. The van der Waals surface area contributed by atoms with Crippen molar-refractivity contribution in [2.24, 2.45) is 10.9 Å². The Labute approximate surface area is 122 Å². The van der Waals surface area contributed by atoms with Gasteiger partial charge in [0.05, 0.1) is 0 Å². The molecule has 0 bridgehead atoms. The quantitative estimate of drug-likeness (QED) is 0.418. The molecule has 0 fully saturated rings. The Kier molecular flexibility index (Phi) is 31.6. The Hall–Kier alpha value is -0.280. The fraction of sp³-hybridized carbons (Fsp3) is 0.444. The SMILES string of the molecule is C.C.CCC=O.NSC(N)=S.S=c1[nH]ccs1. The molecule has 4 nitrogen and oxygen atoms in total. The van der Waals surface area contributed by atoms with Gasteiger partial charge >= 0.3 is 0 Å². The molecule has 1 aromatic heterocycles. The molecule has 8 heteroatoms. The maximum atomic E-state index is 9.17. The van der Waals surface area contributed by atoms with Gasteiger partial charge in [-0.05, 0) is 24.2 Å². The number of H-pyrrole nitrogens is 1. The maximum Gasteiger partial charge on any atom is 0.158 e. The predicted octanol–water partition coefficient (Wildman–Crippen LogP) is 3.51. The Morgan fingerprint density at radius 1 is 1.65 bits per heavy atom. The second kappa shape index (κ2) is 21.1. The van der Waals surface area contributed by atoms with Crippen LogP contribution in [0.4, 0.5) is 0 Å². The molecule has 0 saturated carbocycles. The van der Waals surface area contributed by atoms with E-state index in [1.807, 2.05) is 18.5 Å². The Bertz CT molecular complexity index is 294. The van der Waals surface area contributed by atoms with E-state index < -0.39 is 0 Å². The zero-order chi connectivity index (χ0) is 12.1. The third kappa shape index (κ3) is 31.3. The summed E-state index contributed by atoms with van der Waals surface area (Å²) in [6.45, 7) is 1.81. The molecule has 0 aliphatic rings. The number of carbonyl (C=O) groups is 1. The molecule has 0 unspecified atom stereocenters. The third-order valence-corrected chi connectivity index (χ3v) is 2.26. The minimum absolute atomic E-state index is 0. The predicted molar refractivity (Wildman–Crippen MR) is 87.9 cm³/mol. The number of nitrogens with one attached hydrogen (secondary N) is 1. The lowest BCUT2D eigenvalue weighted by Gasteiger charge is -1.78. The number of aromatic nitrogens is 1. The normalized spacial score (nSPS) is 6.71. The molecule has 0 saturated heterocycles. The van der Waals surface area contributed by atoms with Crippen molar-refractivity contribution in [1.82, 2.24) is 4.98 Å². The number of carbonyl (C=O) groups excluding carboxylic acids is 1. The van der Waals surface area contributed by atoms with Crippen LogP contribution in [0.3, 0.4) is 0 Å². The minimum atomic E-state index is 0. The zero-order valence-corrected chi connectivity index (χ0v) is 11.4. The summed E-state index contributed by atoms with van der Waals surface area (Å²) >= 11 is 11.4. The first kappa shape index (κ1) is 25.5. The van der Waals surface area contributed by atoms with Crippen LogP contribution in [0.15, 0.2) is 11.6 Å². The van der Waals surface area contributed by atoms with Crippen LogP contribution in [0.25, 0.3) is 0 Å². The van der Waals surface area contributed by atoms with E-state index in [0.717, 1.165) is 22.2 Å². The lowest BCUT2D eigenvalue weighted by atomic mass is 10.6. The van der Waals surface area contributed by atoms with Gasteiger partial charge in [0.15, 0.2) is 3.95 Å². The molecule has 0 aromatic carbocycles. The fourth-order valence-electron chi connectivity index (χ4n) is 0.232. The molecular formula is C9H21N3OS4. The standard InChI is InChI=1S/C3H3NS2.C3H6O.CH4N2S2.2CH4/c5-3-4-1-2-6-3;1-2-3-4;2-1(4)5-3;;/h1-2H,(H,4,5);3H,2H2,1H3;3H2,(H2,2,4);2*1H4. The van der Waals surface area contributed by atoms with Crippen LogP contribution in [-0.4, -0.2) is 15.6 Å². The molecule has 1 aromatic rings. The van der Waals surface area contributed by atoms with E-state index in [1.54, 1.807) is 0 Å². The molecule has 0 aliphatic heterocycles.